The molecule has 3 heteroatoms. The molecule has 258 valence electrons. The summed E-state index contributed by atoms with van der Waals surface area (Å²) in [5.41, 5.74) is 13.6. The number of furan rings is 2. The number of para-hydroxylation sites is 3. The van der Waals surface area contributed by atoms with Crippen LogP contribution in [0.25, 0.3) is 88.0 Å². The van der Waals surface area contributed by atoms with Gasteiger partial charge in [-0.1, -0.05) is 133 Å². The lowest BCUT2D eigenvalue weighted by molar-refractivity contribution is 0.663. The van der Waals surface area contributed by atoms with Crippen LogP contribution in [0.2, 0.25) is 0 Å². The van der Waals surface area contributed by atoms with E-state index in [2.05, 4.69) is 187 Å². The largest absolute Gasteiger partial charge is 0.456 e. The van der Waals surface area contributed by atoms with E-state index in [1.165, 1.54) is 10.8 Å². The SMILES string of the molecule is c1ccc(N(c2ccccc2)c2ccc(-c3ccc(-c4ccc(-c5ccc6ccccc6c5)c5c4oc4ccc6oc7ccccc7c6c45)cc3)cc2)cc1. The summed E-state index contributed by atoms with van der Waals surface area (Å²) < 4.78 is 13.3. The van der Waals surface area contributed by atoms with E-state index in [0.717, 1.165) is 94.3 Å². The minimum absolute atomic E-state index is 0.848. The van der Waals surface area contributed by atoms with Gasteiger partial charge in [0, 0.05) is 44.2 Å². The fourth-order valence-corrected chi connectivity index (χ4v) is 8.25. The van der Waals surface area contributed by atoms with E-state index in [4.69, 9.17) is 8.83 Å². The Labute approximate surface area is 317 Å². The van der Waals surface area contributed by atoms with Crippen molar-refractivity contribution >= 4 is 71.7 Å². The first-order valence-corrected chi connectivity index (χ1v) is 18.7. The molecule has 55 heavy (non-hydrogen) atoms. The number of benzene rings is 9. The number of fused-ring (bicyclic) bond motifs is 8. The fraction of sp³-hybridized carbons (Fsp3) is 0. The van der Waals surface area contributed by atoms with Gasteiger partial charge in [0.25, 0.3) is 0 Å². The van der Waals surface area contributed by atoms with Crippen LogP contribution in [0.5, 0.6) is 0 Å². The Morgan fingerprint density at radius 2 is 0.855 bits per heavy atom. The highest BCUT2D eigenvalue weighted by Gasteiger charge is 2.22. The zero-order valence-electron chi connectivity index (χ0n) is 29.8. The van der Waals surface area contributed by atoms with Crippen LogP contribution >= 0.6 is 0 Å². The predicted octanol–water partition coefficient (Wildman–Crippen LogP) is 15.1. The first-order valence-electron chi connectivity index (χ1n) is 18.7. The molecule has 0 saturated heterocycles. The molecule has 0 atom stereocenters. The van der Waals surface area contributed by atoms with Crippen LogP contribution in [-0.2, 0) is 0 Å². The molecule has 0 saturated carbocycles. The number of anilines is 3. The second-order valence-electron chi connectivity index (χ2n) is 14.1. The van der Waals surface area contributed by atoms with E-state index in [1.807, 2.05) is 18.2 Å². The molecule has 11 rings (SSSR count). The summed E-state index contributed by atoms with van der Waals surface area (Å²) in [4.78, 5) is 2.28. The molecule has 0 aliphatic rings. The third kappa shape index (κ3) is 5.20. The normalized spacial score (nSPS) is 11.6. The minimum atomic E-state index is 0.848. The summed E-state index contributed by atoms with van der Waals surface area (Å²) in [6.45, 7) is 0. The van der Waals surface area contributed by atoms with Gasteiger partial charge < -0.3 is 13.7 Å². The highest BCUT2D eigenvalue weighted by atomic mass is 16.3. The highest BCUT2D eigenvalue weighted by molar-refractivity contribution is 6.29. The molecule has 0 aliphatic carbocycles. The molecule has 0 aliphatic heterocycles. The lowest BCUT2D eigenvalue weighted by Crippen LogP contribution is -2.09. The van der Waals surface area contributed by atoms with Crippen molar-refractivity contribution in [2.24, 2.45) is 0 Å². The van der Waals surface area contributed by atoms with Crippen molar-refractivity contribution in [3.63, 3.8) is 0 Å². The molecule has 11 aromatic rings. The second kappa shape index (κ2) is 12.6. The van der Waals surface area contributed by atoms with E-state index < -0.39 is 0 Å². The van der Waals surface area contributed by atoms with Crippen molar-refractivity contribution in [3.8, 4) is 33.4 Å². The van der Waals surface area contributed by atoms with Crippen LogP contribution in [0.3, 0.4) is 0 Å². The summed E-state index contributed by atoms with van der Waals surface area (Å²) in [5, 5.41) is 6.79. The number of hydrogen-bond acceptors (Lipinski definition) is 3. The average Bonchev–Trinajstić information content (AvgIpc) is 3.83. The maximum atomic E-state index is 6.89. The molecule has 0 fully saturated rings. The van der Waals surface area contributed by atoms with Gasteiger partial charge in [0.15, 0.2) is 0 Å². The Kier molecular flexibility index (Phi) is 7.17. The van der Waals surface area contributed by atoms with Crippen molar-refractivity contribution in [1.29, 1.82) is 0 Å². The Bertz CT molecular complexity index is 3140. The smallest absolute Gasteiger partial charge is 0.143 e. The zero-order chi connectivity index (χ0) is 36.3. The minimum Gasteiger partial charge on any atom is -0.456 e. The Hall–Kier alpha value is -7.36. The zero-order valence-corrected chi connectivity index (χ0v) is 29.8. The van der Waals surface area contributed by atoms with E-state index >= 15 is 0 Å². The van der Waals surface area contributed by atoms with Gasteiger partial charge in [-0.25, -0.2) is 0 Å². The number of nitrogens with zero attached hydrogens (tertiary/aromatic N) is 1. The molecule has 3 nitrogen and oxygen atoms in total. The van der Waals surface area contributed by atoms with Gasteiger partial charge in [0.05, 0.1) is 0 Å². The van der Waals surface area contributed by atoms with Crippen molar-refractivity contribution in [2.45, 2.75) is 0 Å². The molecular weight excluding hydrogens is 671 g/mol. The molecule has 0 N–H and O–H groups in total. The molecule has 0 bridgehead atoms. The van der Waals surface area contributed by atoms with E-state index in [-0.39, 0.29) is 0 Å². The van der Waals surface area contributed by atoms with E-state index in [9.17, 15) is 0 Å². The van der Waals surface area contributed by atoms with Crippen LogP contribution in [0.4, 0.5) is 17.1 Å². The van der Waals surface area contributed by atoms with Gasteiger partial charge in [0.1, 0.15) is 22.3 Å². The third-order valence-electron chi connectivity index (χ3n) is 10.9. The van der Waals surface area contributed by atoms with Crippen LogP contribution in [0.1, 0.15) is 0 Å². The first-order chi connectivity index (χ1) is 27.3. The summed E-state index contributed by atoms with van der Waals surface area (Å²) in [6, 6.07) is 70.8. The third-order valence-corrected chi connectivity index (χ3v) is 10.9. The quantitative estimate of drug-likeness (QED) is 0.173. The fourth-order valence-electron chi connectivity index (χ4n) is 8.25. The summed E-state index contributed by atoms with van der Waals surface area (Å²) in [5.74, 6) is 0. The molecule has 2 aromatic heterocycles. The van der Waals surface area contributed by atoms with Crippen LogP contribution in [0, 0.1) is 0 Å². The Balaban J connectivity index is 1.03. The molecule has 9 aromatic carbocycles. The van der Waals surface area contributed by atoms with E-state index in [1.54, 1.807) is 0 Å². The van der Waals surface area contributed by atoms with Gasteiger partial charge in [0.2, 0.25) is 0 Å². The Morgan fingerprint density at radius 1 is 0.309 bits per heavy atom. The van der Waals surface area contributed by atoms with Crippen LogP contribution in [-0.4, -0.2) is 0 Å². The molecule has 0 spiro atoms. The standard InChI is InChI=1S/C52H33NO2/c1-3-13-40(14-4-1)53(41-15-5-2-6-16-41)42-27-25-36(26-28-42)35-19-22-37(23-20-35)44-30-29-43(39-24-21-34-11-7-8-12-38(34)33-39)50-51-48(55-52(44)50)32-31-47-49(51)45-17-9-10-18-46(45)54-47/h1-33H. The van der Waals surface area contributed by atoms with Crippen molar-refractivity contribution in [2.75, 3.05) is 4.90 Å². The van der Waals surface area contributed by atoms with Crippen molar-refractivity contribution < 1.29 is 8.83 Å². The maximum Gasteiger partial charge on any atom is 0.143 e. The molecule has 0 amide bonds. The van der Waals surface area contributed by atoms with Gasteiger partial charge >= 0.3 is 0 Å². The first kappa shape index (κ1) is 31.2. The second-order valence-corrected chi connectivity index (χ2v) is 14.1. The Morgan fingerprint density at radius 3 is 1.58 bits per heavy atom. The van der Waals surface area contributed by atoms with Gasteiger partial charge in [-0.05, 0) is 105 Å². The van der Waals surface area contributed by atoms with Crippen LogP contribution < -0.4 is 4.90 Å². The monoisotopic (exact) mass is 703 g/mol. The molecule has 0 unspecified atom stereocenters. The molecule has 0 radical (unpaired) electrons. The highest BCUT2D eigenvalue weighted by Crippen LogP contribution is 2.47. The maximum absolute atomic E-state index is 6.89. The topological polar surface area (TPSA) is 29.5 Å². The number of rotatable bonds is 6. The van der Waals surface area contributed by atoms with Crippen LogP contribution in [0.15, 0.2) is 209 Å². The predicted molar refractivity (Wildman–Crippen MR) is 229 cm³/mol. The average molecular weight is 704 g/mol. The summed E-state index contributed by atoms with van der Waals surface area (Å²) in [6.07, 6.45) is 0. The summed E-state index contributed by atoms with van der Waals surface area (Å²) >= 11 is 0. The van der Waals surface area contributed by atoms with Crippen molar-refractivity contribution in [3.05, 3.63) is 200 Å². The number of hydrogen-bond donors (Lipinski definition) is 0. The lowest BCUT2D eigenvalue weighted by atomic mass is 9.92. The van der Waals surface area contributed by atoms with Crippen molar-refractivity contribution in [1.82, 2.24) is 0 Å². The van der Waals surface area contributed by atoms with Gasteiger partial charge in [-0.15, -0.1) is 0 Å². The molecule has 2 heterocycles. The van der Waals surface area contributed by atoms with Gasteiger partial charge in [-0.3, -0.25) is 0 Å². The van der Waals surface area contributed by atoms with E-state index in [0.29, 0.717) is 0 Å². The van der Waals surface area contributed by atoms with Gasteiger partial charge in [-0.2, -0.15) is 0 Å². The lowest BCUT2D eigenvalue weighted by Gasteiger charge is -2.25. The summed E-state index contributed by atoms with van der Waals surface area (Å²) in [7, 11) is 0. The molecular formula is C52H33NO2.